The molecule has 1 aliphatic heterocycles. The van der Waals surface area contributed by atoms with Crippen molar-refractivity contribution in [2.75, 3.05) is 19.4 Å². The lowest BCUT2D eigenvalue weighted by Gasteiger charge is -2.22. The third-order valence-corrected chi connectivity index (χ3v) is 4.33. The molecule has 1 saturated heterocycles. The molecule has 1 aromatic heterocycles. The number of rotatable bonds is 4. The van der Waals surface area contributed by atoms with Gasteiger partial charge in [-0.1, -0.05) is 12.1 Å². The molecule has 0 amide bonds. The van der Waals surface area contributed by atoms with E-state index in [1.807, 2.05) is 7.05 Å². The number of hydrogen-bond acceptors (Lipinski definition) is 5. The van der Waals surface area contributed by atoms with Crippen molar-refractivity contribution in [1.82, 2.24) is 19.7 Å². The third kappa shape index (κ3) is 2.78. The average Bonchev–Trinajstić information content (AvgIpc) is 3.08. The number of nitrogens with two attached hydrogens (primary N) is 1. The lowest BCUT2D eigenvalue weighted by Crippen LogP contribution is -2.23. The fraction of sp³-hybridized carbons (Fsp3) is 0.500. The minimum Gasteiger partial charge on any atom is -0.496 e. The molecule has 22 heavy (non-hydrogen) atoms. The molecule has 2 aromatic rings. The van der Waals surface area contributed by atoms with Crippen LogP contribution in [0.15, 0.2) is 18.2 Å². The van der Waals surface area contributed by atoms with Gasteiger partial charge < -0.3 is 10.5 Å². The molecule has 0 spiro atoms. The number of aromatic nitrogens is 3. The molecule has 0 bridgehead atoms. The van der Waals surface area contributed by atoms with Crippen molar-refractivity contribution < 1.29 is 4.74 Å². The van der Waals surface area contributed by atoms with Gasteiger partial charge in [0.25, 0.3) is 0 Å². The summed E-state index contributed by atoms with van der Waals surface area (Å²) < 4.78 is 7.06. The smallest absolute Gasteiger partial charge is 0.218 e. The molecule has 3 rings (SSSR count). The Balaban J connectivity index is 1.79. The summed E-state index contributed by atoms with van der Waals surface area (Å²) in [5.74, 6) is 2.24. The minimum absolute atomic E-state index is 0.246. The molecule has 1 atom stereocenters. The number of benzene rings is 1. The zero-order chi connectivity index (χ0) is 15.7. The topological polar surface area (TPSA) is 69.2 Å². The van der Waals surface area contributed by atoms with Crippen molar-refractivity contribution in [2.24, 2.45) is 7.05 Å². The summed E-state index contributed by atoms with van der Waals surface area (Å²) in [6.07, 6.45) is 2.23. The van der Waals surface area contributed by atoms with E-state index in [0.717, 1.165) is 43.1 Å². The van der Waals surface area contributed by atoms with Crippen LogP contribution in [-0.4, -0.2) is 33.3 Å². The summed E-state index contributed by atoms with van der Waals surface area (Å²) in [6.45, 7) is 3.99. The Kier molecular flexibility index (Phi) is 4.02. The lowest BCUT2D eigenvalue weighted by molar-refractivity contribution is 0.239. The molecule has 0 aliphatic carbocycles. The van der Waals surface area contributed by atoms with Crippen molar-refractivity contribution >= 4 is 5.95 Å². The molecule has 1 aliphatic rings. The number of methoxy groups -OCH3 is 1. The SMILES string of the molecule is COc1cc(CN2CCCC2c2nc(N)n(C)n2)ccc1C. The Bertz CT molecular complexity index is 647. The fourth-order valence-electron chi connectivity index (χ4n) is 3.06. The van der Waals surface area contributed by atoms with Gasteiger partial charge in [-0.25, -0.2) is 4.68 Å². The average molecular weight is 301 g/mol. The van der Waals surface area contributed by atoms with Crippen molar-refractivity contribution in [2.45, 2.75) is 32.4 Å². The van der Waals surface area contributed by atoms with E-state index >= 15 is 0 Å². The molecule has 1 fully saturated rings. The highest BCUT2D eigenvalue weighted by Gasteiger charge is 2.29. The number of anilines is 1. The molecule has 2 N–H and O–H groups in total. The highest BCUT2D eigenvalue weighted by molar-refractivity contribution is 5.36. The van der Waals surface area contributed by atoms with Crippen LogP contribution in [0.25, 0.3) is 0 Å². The predicted molar refractivity (Wildman–Crippen MR) is 85.5 cm³/mol. The standard InChI is InChI=1S/C16H23N5O/c1-11-6-7-12(9-14(11)22-3)10-21-8-4-5-13(21)15-18-16(17)20(2)19-15/h6-7,9,13H,4-5,8,10H2,1-3H3,(H2,17,18,19). The van der Waals surface area contributed by atoms with Gasteiger partial charge in [-0.3, -0.25) is 4.90 Å². The first-order chi connectivity index (χ1) is 10.6. The second-order valence-electron chi connectivity index (χ2n) is 5.88. The summed E-state index contributed by atoms with van der Waals surface area (Å²) in [5, 5.41) is 4.45. The van der Waals surface area contributed by atoms with Crippen LogP contribution in [0.2, 0.25) is 0 Å². The number of ether oxygens (including phenoxy) is 1. The van der Waals surface area contributed by atoms with Gasteiger partial charge in [0, 0.05) is 13.6 Å². The molecule has 6 heteroatoms. The Morgan fingerprint density at radius 1 is 1.41 bits per heavy atom. The van der Waals surface area contributed by atoms with Crippen LogP contribution in [0, 0.1) is 6.92 Å². The first-order valence-corrected chi connectivity index (χ1v) is 7.62. The largest absolute Gasteiger partial charge is 0.496 e. The van der Waals surface area contributed by atoms with E-state index in [4.69, 9.17) is 10.5 Å². The fourth-order valence-corrected chi connectivity index (χ4v) is 3.06. The van der Waals surface area contributed by atoms with Crippen LogP contribution in [0.4, 0.5) is 5.95 Å². The van der Waals surface area contributed by atoms with Crippen LogP contribution in [0.3, 0.4) is 0 Å². The van der Waals surface area contributed by atoms with Crippen LogP contribution in [0.1, 0.15) is 35.8 Å². The maximum atomic E-state index is 5.82. The number of nitrogens with zero attached hydrogens (tertiary/aromatic N) is 4. The monoisotopic (exact) mass is 301 g/mol. The molecule has 1 unspecified atom stereocenters. The van der Waals surface area contributed by atoms with E-state index in [1.165, 1.54) is 5.56 Å². The van der Waals surface area contributed by atoms with Gasteiger partial charge in [-0.15, -0.1) is 0 Å². The molecule has 0 radical (unpaired) electrons. The maximum absolute atomic E-state index is 5.82. The second kappa shape index (κ2) is 5.96. The van der Waals surface area contributed by atoms with E-state index in [0.29, 0.717) is 5.95 Å². The van der Waals surface area contributed by atoms with Gasteiger partial charge in [0.2, 0.25) is 5.95 Å². The van der Waals surface area contributed by atoms with Gasteiger partial charge in [0.15, 0.2) is 5.82 Å². The van der Waals surface area contributed by atoms with Crippen molar-refractivity contribution in [3.05, 3.63) is 35.2 Å². The Hall–Kier alpha value is -2.08. The van der Waals surface area contributed by atoms with E-state index in [9.17, 15) is 0 Å². The highest BCUT2D eigenvalue weighted by atomic mass is 16.5. The summed E-state index contributed by atoms with van der Waals surface area (Å²) >= 11 is 0. The Morgan fingerprint density at radius 3 is 2.91 bits per heavy atom. The molecule has 118 valence electrons. The Morgan fingerprint density at radius 2 is 2.23 bits per heavy atom. The van der Waals surface area contributed by atoms with Gasteiger partial charge in [0.1, 0.15) is 5.75 Å². The van der Waals surface area contributed by atoms with E-state index in [1.54, 1.807) is 11.8 Å². The van der Waals surface area contributed by atoms with Crippen molar-refractivity contribution in [1.29, 1.82) is 0 Å². The molecular formula is C16H23N5O. The molecule has 6 nitrogen and oxygen atoms in total. The van der Waals surface area contributed by atoms with Crippen LogP contribution in [0.5, 0.6) is 5.75 Å². The Labute approximate surface area is 130 Å². The van der Waals surface area contributed by atoms with E-state index in [-0.39, 0.29) is 6.04 Å². The van der Waals surface area contributed by atoms with Crippen molar-refractivity contribution in [3.63, 3.8) is 0 Å². The third-order valence-electron chi connectivity index (χ3n) is 4.33. The second-order valence-corrected chi connectivity index (χ2v) is 5.88. The first kappa shape index (κ1) is 14.8. The summed E-state index contributed by atoms with van der Waals surface area (Å²) in [4.78, 5) is 6.81. The van der Waals surface area contributed by atoms with Crippen LogP contribution in [-0.2, 0) is 13.6 Å². The summed E-state index contributed by atoms with van der Waals surface area (Å²) in [5.41, 5.74) is 8.22. The number of hydrogen-bond donors (Lipinski definition) is 1. The quantitative estimate of drug-likeness (QED) is 0.936. The van der Waals surface area contributed by atoms with Gasteiger partial charge >= 0.3 is 0 Å². The van der Waals surface area contributed by atoms with Crippen LogP contribution < -0.4 is 10.5 Å². The van der Waals surface area contributed by atoms with Gasteiger partial charge in [-0.2, -0.15) is 10.1 Å². The van der Waals surface area contributed by atoms with Gasteiger partial charge in [0.05, 0.1) is 13.2 Å². The molecule has 0 saturated carbocycles. The first-order valence-electron chi connectivity index (χ1n) is 7.62. The molecule has 2 heterocycles. The van der Waals surface area contributed by atoms with Crippen LogP contribution >= 0.6 is 0 Å². The molecule has 1 aromatic carbocycles. The zero-order valence-corrected chi connectivity index (χ0v) is 13.4. The molecular weight excluding hydrogens is 278 g/mol. The maximum Gasteiger partial charge on any atom is 0.218 e. The zero-order valence-electron chi connectivity index (χ0n) is 13.4. The number of nitrogen functional groups attached to an aromatic ring is 1. The normalized spacial score (nSPS) is 18.8. The van der Waals surface area contributed by atoms with E-state index in [2.05, 4.69) is 40.1 Å². The number of likely N-dealkylation sites (tertiary alicyclic amines) is 1. The lowest BCUT2D eigenvalue weighted by atomic mass is 10.1. The van der Waals surface area contributed by atoms with E-state index < -0.39 is 0 Å². The highest BCUT2D eigenvalue weighted by Crippen LogP contribution is 2.32. The summed E-state index contributed by atoms with van der Waals surface area (Å²) in [6, 6.07) is 6.63. The minimum atomic E-state index is 0.246. The predicted octanol–water partition coefficient (Wildman–Crippen LogP) is 2.05. The summed E-state index contributed by atoms with van der Waals surface area (Å²) in [7, 11) is 3.54. The number of aryl methyl sites for hydroxylation is 2. The van der Waals surface area contributed by atoms with Gasteiger partial charge in [-0.05, 0) is 43.5 Å². The van der Waals surface area contributed by atoms with Crippen molar-refractivity contribution in [3.8, 4) is 5.75 Å².